The van der Waals surface area contributed by atoms with E-state index in [2.05, 4.69) is 0 Å². The zero-order chi connectivity index (χ0) is 8.27. The number of hydrogen-bond donors (Lipinski definition) is 0. The van der Waals surface area contributed by atoms with E-state index in [1.54, 1.807) is 0 Å². The van der Waals surface area contributed by atoms with Crippen LogP contribution in [0.15, 0.2) is 0 Å². The first-order valence-electron chi connectivity index (χ1n) is 3.95. The van der Waals surface area contributed by atoms with Crippen molar-refractivity contribution < 1.29 is 4.79 Å². The van der Waals surface area contributed by atoms with Crippen molar-refractivity contribution in [2.75, 3.05) is 6.26 Å². The molecule has 0 radical (unpaired) electrons. The maximum Gasteiger partial charge on any atom is 0.189 e. The first-order valence-corrected chi connectivity index (χ1v) is 5.61. The third-order valence-corrected chi connectivity index (χ3v) is 3.42. The first-order chi connectivity index (χ1) is 5.24. The maximum atomic E-state index is 11.0. The molecule has 1 fully saturated rings. The van der Waals surface area contributed by atoms with Crippen LogP contribution in [0.1, 0.15) is 25.7 Å². The minimum atomic E-state index is 0.256. The molecule has 64 valence electrons. The molecule has 2 atom stereocenters. The number of hydrogen-bond acceptors (Lipinski definition) is 2. The van der Waals surface area contributed by atoms with E-state index in [1.807, 2.05) is 6.26 Å². The van der Waals surface area contributed by atoms with Crippen LogP contribution in [0.5, 0.6) is 0 Å². The third kappa shape index (κ3) is 2.68. The Morgan fingerprint density at radius 3 is 2.82 bits per heavy atom. The summed E-state index contributed by atoms with van der Waals surface area (Å²) in [5, 5.41) is 0.536. The van der Waals surface area contributed by atoms with E-state index < -0.39 is 0 Å². The van der Waals surface area contributed by atoms with Gasteiger partial charge in [0, 0.05) is 11.8 Å². The summed E-state index contributed by atoms with van der Waals surface area (Å²) >= 11 is 7.33. The van der Waals surface area contributed by atoms with E-state index in [1.165, 1.54) is 18.2 Å². The molecule has 0 N–H and O–H groups in total. The summed E-state index contributed by atoms with van der Waals surface area (Å²) in [6.07, 6.45) is 5.94. The maximum absolute atomic E-state index is 11.0. The minimum absolute atomic E-state index is 0.256. The highest BCUT2D eigenvalue weighted by atomic mass is 35.5. The van der Waals surface area contributed by atoms with Crippen LogP contribution in [0.25, 0.3) is 0 Å². The fourth-order valence-electron chi connectivity index (χ4n) is 1.52. The zero-order valence-electron chi connectivity index (χ0n) is 6.68. The number of rotatable bonds is 2. The molecule has 0 aliphatic heterocycles. The van der Waals surface area contributed by atoms with Gasteiger partial charge in [0.1, 0.15) is 0 Å². The van der Waals surface area contributed by atoms with Crippen LogP contribution in [0.4, 0.5) is 0 Å². The van der Waals surface area contributed by atoms with Gasteiger partial charge in [-0.1, -0.05) is 18.2 Å². The van der Waals surface area contributed by atoms with Crippen LogP contribution in [-0.2, 0) is 4.79 Å². The summed E-state index contributed by atoms with van der Waals surface area (Å²) in [5.74, 6) is 0.455. The van der Waals surface area contributed by atoms with E-state index in [9.17, 15) is 4.79 Å². The normalized spacial score (nSPS) is 30.7. The van der Waals surface area contributed by atoms with E-state index >= 15 is 0 Å². The molecular weight excluding hydrogens is 180 g/mol. The fourth-order valence-corrected chi connectivity index (χ4v) is 2.27. The van der Waals surface area contributed by atoms with Gasteiger partial charge in [-0.05, 0) is 25.0 Å². The predicted octanol–water partition coefficient (Wildman–Crippen LogP) is 2.67. The van der Waals surface area contributed by atoms with Crippen molar-refractivity contribution in [2.24, 2.45) is 5.92 Å². The van der Waals surface area contributed by atoms with Crippen LogP contribution in [0, 0.1) is 5.92 Å². The summed E-state index contributed by atoms with van der Waals surface area (Å²) < 4.78 is 0. The molecule has 0 spiro atoms. The van der Waals surface area contributed by atoms with Crippen molar-refractivity contribution in [3.63, 3.8) is 0 Å². The highest BCUT2D eigenvalue weighted by Crippen LogP contribution is 2.33. The van der Waals surface area contributed by atoms with Crippen molar-refractivity contribution in [1.82, 2.24) is 0 Å². The molecule has 1 saturated carbocycles. The van der Waals surface area contributed by atoms with Gasteiger partial charge < -0.3 is 0 Å². The SMILES string of the molecule is CSC(=O)CC1CCCC1Cl. The summed E-state index contributed by atoms with van der Waals surface area (Å²) in [6, 6.07) is 0. The van der Waals surface area contributed by atoms with Gasteiger partial charge in [0.15, 0.2) is 5.12 Å². The largest absolute Gasteiger partial charge is 0.287 e. The smallest absolute Gasteiger partial charge is 0.189 e. The van der Waals surface area contributed by atoms with E-state index in [4.69, 9.17) is 11.6 Å². The zero-order valence-corrected chi connectivity index (χ0v) is 8.25. The van der Waals surface area contributed by atoms with Crippen LogP contribution in [0.2, 0.25) is 0 Å². The Morgan fingerprint density at radius 1 is 1.64 bits per heavy atom. The number of thioether (sulfide) groups is 1. The average molecular weight is 193 g/mol. The number of halogens is 1. The summed E-state index contributed by atoms with van der Waals surface area (Å²) in [6.45, 7) is 0. The average Bonchev–Trinajstić information content (AvgIpc) is 2.37. The lowest BCUT2D eigenvalue weighted by molar-refractivity contribution is -0.111. The van der Waals surface area contributed by atoms with Gasteiger partial charge in [0.05, 0.1) is 0 Å². The molecule has 11 heavy (non-hydrogen) atoms. The second-order valence-electron chi connectivity index (χ2n) is 2.99. The molecule has 1 rings (SSSR count). The highest BCUT2D eigenvalue weighted by molar-refractivity contribution is 8.13. The second kappa shape index (κ2) is 4.36. The molecule has 0 bridgehead atoms. The lowest BCUT2D eigenvalue weighted by Crippen LogP contribution is -2.10. The quantitative estimate of drug-likeness (QED) is 0.626. The Kier molecular flexibility index (Phi) is 3.73. The van der Waals surface area contributed by atoms with Gasteiger partial charge in [0.2, 0.25) is 0 Å². The highest BCUT2D eigenvalue weighted by Gasteiger charge is 2.26. The number of alkyl halides is 1. The lowest BCUT2D eigenvalue weighted by Gasteiger charge is -2.10. The Balaban J connectivity index is 2.30. The van der Waals surface area contributed by atoms with Gasteiger partial charge >= 0.3 is 0 Å². The fraction of sp³-hybridized carbons (Fsp3) is 0.875. The van der Waals surface area contributed by atoms with E-state index in [-0.39, 0.29) is 10.5 Å². The molecule has 1 aliphatic carbocycles. The van der Waals surface area contributed by atoms with Gasteiger partial charge in [0.25, 0.3) is 0 Å². The molecule has 0 aromatic carbocycles. The van der Waals surface area contributed by atoms with Crippen LogP contribution in [0.3, 0.4) is 0 Å². The number of carbonyl (C=O) groups excluding carboxylic acids is 1. The third-order valence-electron chi connectivity index (χ3n) is 2.22. The molecule has 0 amide bonds. The molecule has 2 unspecified atom stereocenters. The van der Waals surface area contributed by atoms with Crippen molar-refractivity contribution in [3.8, 4) is 0 Å². The second-order valence-corrected chi connectivity index (χ2v) is 4.41. The molecular formula is C8H13ClOS. The topological polar surface area (TPSA) is 17.1 Å². The summed E-state index contributed by atoms with van der Waals surface area (Å²) in [4.78, 5) is 11.0. The van der Waals surface area contributed by atoms with Crippen molar-refractivity contribution >= 4 is 28.5 Å². The van der Waals surface area contributed by atoms with Crippen LogP contribution >= 0.6 is 23.4 Å². The number of carbonyl (C=O) groups is 1. The molecule has 0 aromatic rings. The molecule has 0 saturated heterocycles. The summed E-state index contributed by atoms with van der Waals surface area (Å²) in [5.41, 5.74) is 0. The van der Waals surface area contributed by atoms with Gasteiger partial charge in [-0.3, -0.25) is 4.79 Å². The molecule has 1 nitrogen and oxygen atoms in total. The molecule has 0 aromatic heterocycles. The van der Waals surface area contributed by atoms with Crippen molar-refractivity contribution in [3.05, 3.63) is 0 Å². The summed E-state index contributed by atoms with van der Waals surface area (Å²) in [7, 11) is 0. The van der Waals surface area contributed by atoms with Gasteiger partial charge in [-0.25, -0.2) is 0 Å². The van der Waals surface area contributed by atoms with E-state index in [0.717, 1.165) is 12.8 Å². The molecule has 0 heterocycles. The Bertz CT molecular complexity index is 149. The monoisotopic (exact) mass is 192 g/mol. The van der Waals surface area contributed by atoms with Gasteiger partial charge in [-0.15, -0.1) is 11.6 Å². The lowest BCUT2D eigenvalue weighted by atomic mass is 10.1. The van der Waals surface area contributed by atoms with Crippen LogP contribution < -0.4 is 0 Å². The predicted molar refractivity (Wildman–Crippen MR) is 50.1 cm³/mol. The van der Waals surface area contributed by atoms with Crippen LogP contribution in [-0.4, -0.2) is 16.7 Å². The van der Waals surface area contributed by atoms with Crippen molar-refractivity contribution in [2.45, 2.75) is 31.1 Å². The van der Waals surface area contributed by atoms with Crippen molar-refractivity contribution in [1.29, 1.82) is 0 Å². The first kappa shape index (κ1) is 9.40. The Labute approximate surface area is 76.9 Å². The minimum Gasteiger partial charge on any atom is -0.287 e. The Morgan fingerprint density at radius 2 is 2.36 bits per heavy atom. The Hall–Kier alpha value is 0.310. The van der Waals surface area contributed by atoms with E-state index in [0.29, 0.717) is 12.3 Å². The molecule has 3 heteroatoms. The standard InChI is InChI=1S/C8H13ClOS/c1-11-8(10)5-6-3-2-4-7(6)9/h6-7H,2-5H2,1H3. The molecule has 1 aliphatic rings. The van der Waals surface area contributed by atoms with Gasteiger partial charge in [-0.2, -0.15) is 0 Å².